The van der Waals surface area contributed by atoms with Gasteiger partial charge in [-0.2, -0.15) is 0 Å². The summed E-state index contributed by atoms with van der Waals surface area (Å²) in [6.07, 6.45) is 5.58. The first kappa shape index (κ1) is 26.8. The molecule has 38 heavy (non-hydrogen) atoms. The van der Waals surface area contributed by atoms with E-state index in [0.29, 0.717) is 37.0 Å². The second-order valence-corrected chi connectivity index (χ2v) is 11.6. The van der Waals surface area contributed by atoms with Gasteiger partial charge in [-0.05, 0) is 62.6 Å². The van der Waals surface area contributed by atoms with Gasteiger partial charge in [0.2, 0.25) is 11.8 Å². The van der Waals surface area contributed by atoms with E-state index in [1.807, 2.05) is 64.4 Å². The van der Waals surface area contributed by atoms with E-state index in [0.717, 1.165) is 60.1 Å². The van der Waals surface area contributed by atoms with Crippen molar-refractivity contribution in [1.82, 2.24) is 24.6 Å². The van der Waals surface area contributed by atoms with Gasteiger partial charge in [0.05, 0.1) is 0 Å². The first-order valence-corrected chi connectivity index (χ1v) is 14.9. The van der Waals surface area contributed by atoms with Gasteiger partial charge in [-0.3, -0.25) is 14.2 Å². The van der Waals surface area contributed by atoms with Crippen molar-refractivity contribution in [1.29, 1.82) is 0 Å². The molecule has 2 fully saturated rings. The smallest absolute Gasteiger partial charge is 0.226 e. The van der Waals surface area contributed by atoms with Crippen molar-refractivity contribution in [2.24, 2.45) is 5.92 Å². The molecule has 1 aliphatic carbocycles. The Bertz CT molecular complexity index is 1240. The molecule has 9 heteroatoms. The van der Waals surface area contributed by atoms with Crippen LogP contribution in [-0.2, 0) is 9.59 Å². The summed E-state index contributed by atoms with van der Waals surface area (Å²) < 4.78 is 2.05. The number of hydrogen-bond donors (Lipinski definition) is 0. The quantitative estimate of drug-likeness (QED) is 0.265. The Hall–Kier alpha value is -2.84. The second kappa shape index (κ2) is 12.3. The van der Waals surface area contributed by atoms with Crippen LogP contribution < -0.4 is 0 Å². The van der Waals surface area contributed by atoms with Gasteiger partial charge >= 0.3 is 0 Å². The maximum absolute atomic E-state index is 13.0. The molecule has 2 heterocycles. The summed E-state index contributed by atoms with van der Waals surface area (Å²) in [7, 11) is 0. The molecular formula is C29H34ClN5O2S. The van der Waals surface area contributed by atoms with Crippen LogP contribution in [-0.4, -0.2) is 67.8 Å². The second-order valence-electron chi connectivity index (χ2n) is 10.1. The van der Waals surface area contributed by atoms with E-state index in [4.69, 9.17) is 11.6 Å². The summed E-state index contributed by atoms with van der Waals surface area (Å²) >= 11 is 7.70. The Morgan fingerprint density at radius 1 is 1.00 bits per heavy atom. The highest BCUT2D eigenvalue weighted by molar-refractivity contribution is 7.99. The van der Waals surface area contributed by atoms with E-state index in [1.165, 1.54) is 0 Å². The highest BCUT2D eigenvalue weighted by Gasteiger charge is 2.34. The van der Waals surface area contributed by atoms with E-state index in [9.17, 15) is 9.59 Å². The molecule has 2 aromatic carbocycles. The average Bonchev–Trinajstić information content (AvgIpc) is 3.62. The number of amides is 2. The number of benzene rings is 2. The topological polar surface area (TPSA) is 71.3 Å². The van der Waals surface area contributed by atoms with Crippen molar-refractivity contribution in [3.05, 3.63) is 59.6 Å². The molecule has 5 rings (SSSR count). The third-order valence-electron chi connectivity index (χ3n) is 7.48. The average molecular weight is 552 g/mol. The summed E-state index contributed by atoms with van der Waals surface area (Å²) in [5.41, 5.74) is 1.92. The molecule has 1 saturated carbocycles. The molecule has 1 aliphatic heterocycles. The van der Waals surface area contributed by atoms with Crippen LogP contribution in [0.1, 0.15) is 45.4 Å². The number of nitrogens with zero attached hydrogens (tertiary/aromatic N) is 5. The minimum atomic E-state index is 0.0749. The molecule has 2 aliphatic rings. The molecule has 1 aromatic heterocycles. The lowest BCUT2D eigenvalue weighted by Crippen LogP contribution is -2.56. The van der Waals surface area contributed by atoms with Crippen LogP contribution in [0.2, 0.25) is 5.02 Å². The van der Waals surface area contributed by atoms with Crippen LogP contribution >= 0.6 is 23.4 Å². The Morgan fingerprint density at radius 2 is 1.74 bits per heavy atom. The predicted octanol–water partition coefficient (Wildman–Crippen LogP) is 5.71. The van der Waals surface area contributed by atoms with Crippen LogP contribution in [0.4, 0.5) is 0 Å². The van der Waals surface area contributed by atoms with Gasteiger partial charge in [0.25, 0.3) is 0 Å². The summed E-state index contributed by atoms with van der Waals surface area (Å²) in [6, 6.07) is 17.7. The summed E-state index contributed by atoms with van der Waals surface area (Å²) in [5.74, 6) is 2.16. The van der Waals surface area contributed by atoms with E-state index >= 15 is 0 Å². The maximum Gasteiger partial charge on any atom is 0.226 e. The van der Waals surface area contributed by atoms with Crippen LogP contribution in [0, 0.1) is 5.92 Å². The summed E-state index contributed by atoms with van der Waals surface area (Å²) in [5, 5.41) is 10.4. The van der Waals surface area contributed by atoms with Gasteiger partial charge in [-0.1, -0.05) is 54.4 Å². The fourth-order valence-electron chi connectivity index (χ4n) is 5.42. The molecule has 1 saturated heterocycles. The number of halogens is 1. The molecule has 3 aromatic rings. The molecule has 1 unspecified atom stereocenters. The Morgan fingerprint density at radius 3 is 2.45 bits per heavy atom. The zero-order chi connectivity index (χ0) is 26.5. The number of carbonyl (C=O) groups excluding carboxylic acids is 2. The zero-order valence-corrected chi connectivity index (χ0v) is 23.3. The van der Waals surface area contributed by atoms with E-state index in [2.05, 4.69) is 21.7 Å². The third-order valence-corrected chi connectivity index (χ3v) is 8.75. The minimum absolute atomic E-state index is 0.0749. The minimum Gasteiger partial charge on any atom is -0.339 e. The Balaban J connectivity index is 1.16. The van der Waals surface area contributed by atoms with Crippen LogP contribution in [0.5, 0.6) is 0 Å². The number of hydrogen-bond acceptors (Lipinski definition) is 5. The van der Waals surface area contributed by atoms with Gasteiger partial charge in [-0.25, -0.2) is 0 Å². The highest BCUT2D eigenvalue weighted by Crippen LogP contribution is 2.30. The monoisotopic (exact) mass is 551 g/mol. The first-order chi connectivity index (χ1) is 18.5. The normalized spacial score (nSPS) is 18.2. The number of aromatic nitrogens is 3. The van der Waals surface area contributed by atoms with Gasteiger partial charge in [0.1, 0.15) is 0 Å². The largest absolute Gasteiger partial charge is 0.339 e. The number of carbonyl (C=O) groups is 2. The van der Waals surface area contributed by atoms with Crippen molar-refractivity contribution in [3.8, 4) is 17.1 Å². The first-order valence-electron chi connectivity index (χ1n) is 13.5. The van der Waals surface area contributed by atoms with Gasteiger partial charge in [0.15, 0.2) is 11.0 Å². The highest BCUT2D eigenvalue weighted by atomic mass is 35.5. The molecule has 0 spiro atoms. The predicted molar refractivity (Wildman–Crippen MR) is 151 cm³/mol. The van der Waals surface area contributed by atoms with E-state index in [-0.39, 0.29) is 17.9 Å². The van der Waals surface area contributed by atoms with E-state index < -0.39 is 0 Å². The van der Waals surface area contributed by atoms with Gasteiger partial charge in [0, 0.05) is 60.0 Å². The van der Waals surface area contributed by atoms with Gasteiger partial charge < -0.3 is 9.80 Å². The van der Waals surface area contributed by atoms with Crippen molar-refractivity contribution in [3.63, 3.8) is 0 Å². The zero-order valence-electron chi connectivity index (χ0n) is 21.8. The van der Waals surface area contributed by atoms with Crippen LogP contribution in [0.3, 0.4) is 0 Å². The number of rotatable bonds is 8. The Labute approximate surface area is 233 Å². The molecule has 200 valence electrons. The molecular weight excluding hydrogens is 518 g/mol. The summed E-state index contributed by atoms with van der Waals surface area (Å²) in [6.45, 7) is 3.96. The lowest BCUT2D eigenvalue weighted by atomic mass is 10.0. The van der Waals surface area contributed by atoms with E-state index in [1.54, 1.807) is 11.8 Å². The number of para-hydroxylation sites is 1. The number of thioether (sulfide) groups is 1. The molecule has 7 nitrogen and oxygen atoms in total. The third kappa shape index (κ3) is 6.07. The SMILES string of the molecule is CC1CN(C(=O)CCCSc2nnc(-c3ccc(Cl)cc3)n2-c2ccccc2)CCN1C(=O)C1CCCC1. The van der Waals surface area contributed by atoms with Crippen LogP contribution in [0.15, 0.2) is 59.8 Å². The maximum atomic E-state index is 13.0. The van der Waals surface area contributed by atoms with Crippen molar-refractivity contribution in [2.45, 2.75) is 56.6 Å². The number of piperazine rings is 1. The fraction of sp³-hybridized carbons (Fsp3) is 0.448. The summed E-state index contributed by atoms with van der Waals surface area (Å²) in [4.78, 5) is 29.8. The molecule has 0 bridgehead atoms. The molecule has 0 N–H and O–H groups in total. The lowest BCUT2D eigenvalue weighted by Gasteiger charge is -2.41. The fourth-order valence-corrected chi connectivity index (χ4v) is 6.44. The Kier molecular flexibility index (Phi) is 8.69. The van der Waals surface area contributed by atoms with Gasteiger partial charge in [-0.15, -0.1) is 10.2 Å². The van der Waals surface area contributed by atoms with Crippen LogP contribution in [0.25, 0.3) is 17.1 Å². The van der Waals surface area contributed by atoms with Crippen molar-refractivity contribution in [2.75, 3.05) is 25.4 Å². The molecule has 2 amide bonds. The molecule has 0 radical (unpaired) electrons. The van der Waals surface area contributed by atoms with Crippen molar-refractivity contribution >= 4 is 35.2 Å². The van der Waals surface area contributed by atoms with Crippen molar-refractivity contribution < 1.29 is 9.59 Å². The lowest BCUT2D eigenvalue weighted by molar-refractivity contribution is -0.145. The molecule has 1 atom stereocenters. The standard InChI is InChI=1S/C29H34ClN5O2S/c1-21-20-33(17-18-34(21)28(37)23-8-5-6-9-23)26(36)12-7-19-38-29-32-31-27(22-13-15-24(30)16-14-22)35(29)25-10-3-2-4-11-25/h2-4,10-11,13-16,21,23H,5-9,12,17-20H2,1H3.